The Bertz CT molecular complexity index is 1340. The minimum absolute atomic E-state index is 0.253. The van der Waals surface area contributed by atoms with Crippen molar-refractivity contribution in [2.45, 2.75) is 69.5 Å². The van der Waals surface area contributed by atoms with Gasteiger partial charge in [-0.3, -0.25) is 0 Å². The van der Waals surface area contributed by atoms with E-state index in [0.717, 1.165) is 42.2 Å². The van der Waals surface area contributed by atoms with Gasteiger partial charge in [-0.2, -0.15) is 9.97 Å². The number of halogens is 1. The Hall–Kier alpha value is -2.41. The highest BCUT2D eigenvalue weighted by atomic mass is 35.5. The number of rotatable bonds is 7. The van der Waals surface area contributed by atoms with E-state index in [9.17, 15) is 0 Å². The Labute approximate surface area is 230 Å². The van der Waals surface area contributed by atoms with Crippen molar-refractivity contribution in [3.8, 4) is 6.01 Å². The van der Waals surface area contributed by atoms with E-state index in [1.54, 1.807) is 0 Å². The first kappa shape index (κ1) is 24.6. The number of piperidine rings is 1. The van der Waals surface area contributed by atoms with E-state index in [-0.39, 0.29) is 5.41 Å². The lowest BCUT2D eigenvalue weighted by molar-refractivity contribution is 0.181. The van der Waals surface area contributed by atoms with E-state index < -0.39 is 0 Å². The first-order valence-corrected chi connectivity index (χ1v) is 14.7. The highest BCUT2D eigenvalue weighted by molar-refractivity contribution is 6.36. The molecular weight excluding hydrogens is 494 g/mol. The van der Waals surface area contributed by atoms with Crippen LogP contribution in [0.25, 0.3) is 10.8 Å². The maximum Gasteiger partial charge on any atom is 0.316 e. The largest absolute Gasteiger partial charge is 0.463 e. The first-order valence-electron chi connectivity index (χ1n) is 14.3. The number of fused-ring (bicyclic) bond motifs is 4. The van der Waals surface area contributed by atoms with Gasteiger partial charge in [-0.15, -0.1) is 0 Å². The molecule has 3 atom stereocenters. The Morgan fingerprint density at radius 3 is 2.58 bits per heavy atom. The molecule has 0 spiro atoms. The smallest absolute Gasteiger partial charge is 0.316 e. The first-order chi connectivity index (χ1) is 18.5. The Kier molecular flexibility index (Phi) is 6.25. The second-order valence-corrected chi connectivity index (χ2v) is 12.8. The standard InChI is InChI=1S/C31H38ClN5O/c1-36(2)18-31(12-13-31)19-38-30-34-26-17-37(27-8-4-6-20-5-3-7-25(32)28(20)27)14-11-24(26)29(35-30)21-15-22-9-10-23(16-21)33-22/h3-8,21-23,33H,9-19H2,1-2H3/t21-,22+,23-. The van der Waals surface area contributed by atoms with Gasteiger partial charge in [0, 0.05) is 47.6 Å². The summed E-state index contributed by atoms with van der Waals surface area (Å²) in [5.41, 5.74) is 5.19. The summed E-state index contributed by atoms with van der Waals surface area (Å²) >= 11 is 6.71. The third-order valence-electron chi connectivity index (χ3n) is 9.23. The summed E-state index contributed by atoms with van der Waals surface area (Å²) in [4.78, 5) is 15.0. The number of aromatic nitrogens is 2. The van der Waals surface area contributed by atoms with Crippen LogP contribution in [-0.2, 0) is 13.0 Å². The topological polar surface area (TPSA) is 53.5 Å². The molecule has 4 aliphatic rings. The zero-order chi connectivity index (χ0) is 25.9. The summed E-state index contributed by atoms with van der Waals surface area (Å²) < 4.78 is 6.43. The van der Waals surface area contributed by atoms with Crippen LogP contribution in [0.1, 0.15) is 61.4 Å². The van der Waals surface area contributed by atoms with E-state index in [2.05, 4.69) is 53.5 Å². The average molecular weight is 532 g/mol. The summed E-state index contributed by atoms with van der Waals surface area (Å²) in [6.07, 6.45) is 8.32. The summed E-state index contributed by atoms with van der Waals surface area (Å²) in [5, 5.41) is 6.91. The fourth-order valence-electron chi connectivity index (χ4n) is 7.28. The van der Waals surface area contributed by atoms with Gasteiger partial charge in [0.2, 0.25) is 0 Å². The fraction of sp³-hybridized carbons (Fsp3) is 0.548. The molecule has 2 bridgehead atoms. The SMILES string of the molecule is CN(C)CC1(COc2nc3c(c([C@H]4C[C@H]5CC[C@@H](C4)N5)n2)CCN(c2cccc4cccc(Cl)c24)C3)CC1. The minimum Gasteiger partial charge on any atom is -0.463 e. The molecule has 7 heteroatoms. The maximum atomic E-state index is 6.71. The quantitative estimate of drug-likeness (QED) is 0.430. The molecule has 4 heterocycles. The fourth-order valence-corrected chi connectivity index (χ4v) is 7.56. The van der Waals surface area contributed by atoms with Gasteiger partial charge in [0.05, 0.1) is 29.6 Å². The van der Waals surface area contributed by atoms with Crippen LogP contribution >= 0.6 is 11.6 Å². The van der Waals surface area contributed by atoms with Crippen LogP contribution in [-0.4, -0.2) is 60.7 Å². The molecule has 2 saturated heterocycles. The van der Waals surface area contributed by atoms with Crippen LogP contribution < -0.4 is 15.0 Å². The zero-order valence-corrected chi connectivity index (χ0v) is 23.3. The lowest BCUT2D eigenvalue weighted by Crippen LogP contribution is -2.39. The van der Waals surface area contributed by atoms with Crippen molar-refractivity contribution in [3.63, 3.8) is 0 Å². The molecule has 0 amide bonds. The van der Waals surface area contributed by atoms with E-state index in [0.29, 0.717) is 30.6 Å². The molecule has 1 aliphatic carbocycles. The summed E-state index contributed by atoms with van der Waals surface area (Å²) in [5.74, 6) is 0.489. The van der Waals surface area contributed by atoms with Gasteiger partial charge in [-0.05, 0) is 82.1 Å². The third kappa shape index (κ3) is 4.65. The van der Waals surface area contributed by atoms with Gasteiger partial charge in [0.25, 0.3) is 0 Å². The maximum absolute atomic E-state index is 6.71. The highest BCUT2D eigenvalue weighted by Crippen LogP contribution is 2.46. The molecule has 2 aromatic carbocycles. The third-order valence-corrected chi connectivity index (χ3v) is 9.54. The number of ether oxygens (including phenoxy) is 1. The molecule has 7 rings (SSSR count). The molecule has 1 N–H and O–H groups in total. The molecule has 3 aliphatic heterocycles. The molecule has 6 nitrogen and oxygen atoms in total. The molecule has 0 unspecified atom stereocenters. The van der Waals surface area contributed by atoms with Crippen LogP contribution in [0.15, 0.2) is 36.4 Å². The van der Waals surface area contributed by atoms with Gasteiger partial charge in [-0.1, -0.05) is 35.9 Å². The van der Waals surface area contributed by atoms with Crippen LogP contribution in [0.5, 0.6) is 6.01 Å². The second-order valence-electron chi connectivity index (χ2n) is 12.4. The van der Waals surface area contributed by atoms with Crippen molar-refractivity contribution in [1.82, 2.24) is 20.2 Å². The molecule has 1 aromatic heterocycles. The van der Waals surface area contributed by atoms with Crippen molar-refractivity contribution >= 4 is 28.1 Å². The Morgan fingerprint density at radius 1 is 1.08 bits per heavy atom. The number of nitrogens with zero attached hydrogens (tertiary/aromatic N) is 4. The van der Waals surface area contributed by atoms with E-state index in [1.165, 1.54) is 60.9 Å². The number of hydrogen-bond acceptors (Lipinski definition) is 6. The molecule has 3 aromatic rings. The average Bonchev–Trinajstić information content (AvgIpc) is 3.59. The predicted octanol–water partition coefficient (Wildman–Crippen LogP) is 5.56. The summed E-state index contributed by atoms with van der Waals surface area (Å²) in [7, 11) is 4.29. The highest BCUT2D eigenvalue weighted by Gasteiger charge is 2.44. The summed E-state index contributed by atoms with van der Waals surface area (Å²) in [6, 6.07) is 14.5. The van der Waals surface area contributed by atoms with Crippen LogP contribution in [0.4, 0.5) is 5.69 Å². The van der Waals surface area contributed by atoms with Crippen molar-refractivity contribution in [1.29, 1.82) is 0 Å². The van der Waals surface area contributed by atoms with Crippen LogP contribution in [0.2, 0.25) is 5.02 Å². The van der Waals surface area contributed by atoms with Crippen LogP contribution in [0.3, 0.4) is 0 Å². The van der Waals surface area contributed by atoms with Gasteiger partial charge in [-0.25, -0.2) is 0 Å². The van der Waals surface area contributed by atoms with Crippen molar-refractivity contribution < 1.29 is 4.74 Å². The lowest BCUT2D eigenvalue weighted by Gasteiger charge is -2.35. The van der Waals surface area contributed by atoms with Crippen LogP contribution in [0, 0.1) is 5.41 Å². The molecular formula is C31H38ClN5O. The minimum atomic E-state index is 0.253. The zero-order valence-electron chi connectivity index (χ0n) is 22.5. The van der Waals surface area contributed by atoms with Gasteiger partial charge in [0.1, 0.15) is 0 Å². The molecule has 200 valence electrons. The Morgan fingerprint density at radius 2 is 1.84 bits per heavy atom. The normalized spacial score (nSPS) is 25.6. The van der Waals surface area contributed by atoms with Gasteiger partial charge in [0.15, 0.2) is 0 Å². The molecule has 1 saturated carbocycles. The summed E-state index contributed by atoms with van der Waals surface area (Å²) in [6.45, 7) is 3.45. The number of hydrogen-bond donors (Lipinski definition) is 1. The van der Waals surface area contributed by atoms with Crippen molar-refractivity contribution in [2.75, 3.05) is 38.7 Å². The Balaban J connectivity index is 1.22. The van der Waals surface area contributed by atoms with Crippen molar-refractivity contribution in [2.24, 2.45) is 5.41 Å². The lowest BCUT2D eigenvalue weighted by atomic mass is 9.85. The number of nitrogens with one attached hydrogen (secondary N) is 1. The monoisotopic (exact) mass is 531 g/mol. The van der Waals surface area contributed by atoms with E-state index >= 15 is 0 Å². The predicted molar refractivity (Wildman–Crippen MR) is 153 cm³/mol. The van der Waals surface area contributed by atoms with Gasteiger partial charge >= 0.3 is 6.01 Å². The molecule has 0 radical (unpaired) electrons. The number of benzene rings is 2. The molecule has 3 fully saturated rings. The van der Waals surface area contributed by atoms with E-state index in [1.807, 2.05) is 12.1 Å². The van der Waals surface area contributed by atoms with Crippen molar-refractivity contribution in [3.05, 3.63) is 58.4 Å². The van der Waals surface area contributed by atoms with E-state index in [4.69, 9.17) is 26.3 Å². The molecule has 38 heavy (non-hydrogen) atoms. The van der Waals surface area contributed by atoms with Gasteiger partial charge < -0.3 is 19.9 Å². The number of anilines is 1. The second kappa shape index (κ2) is 9.65.